The fraction of sp³-hybridized carbons (Fsp3) is 0.900. The van der Waals surface area contributed by atoms with E-state index in [0.717, 1.165) is 38.3 Å². The monoisotopic (exact) mass is 349 g/mol. The van der Waals surface area contributed by atoms with Gasteiger partial charge in [0.2, 0.25) is 11.8 Å². The van der Waals surface area contributed by atoms with Crippen LogP contribution in [0.15, 0.2) is 0 Å². The Labute approximate surface area is 152 Å². The van der Waals surface area contributed by atoms with Crippen molar-refractivity contribution in [3.8, 4) is 0 Å². The first-order valence-electron chi connectivity index (χ1n) is 10.4. The molecule has 3 rings (SSSR count). The molecule has 5 heteroatoms. The van der Waals surface area contributed by atoms with Gasteiger partial charge in [0, 0.05) is 25.6 Å². The molecule has 0 aromatic rings. The van der Waals surface area contributed by atoms with Crippen molar-refractivity contribution >= 4 is 11.8 Å². The van der Waals surface area contributed by atoms with Crippen LogP contribution in [0.3, 0.4) is 0 Å². The first-order chi connectivity index (χ1) is 12.1. The summed E-state index contributed by atoms with van der Waals surface area (Å²) in [5.41, 5.74) is 0. The zero-order chi connectivity index (χ0) is 17.6. The van der Waals surface area contributed by atoms with Crippen molar-refractivity contribution in [1.29, 1.82) is 0 Å². The van der Waals surface area contributed by atoms with Crippen LogP contribution in [0, 0.1) is 11.8 Å². The van der Waals surface area contributed by atoms with Crippen molar-refractivity contribution in [3.63, 3.8) is 0 Å². The summed E-state index contributed by atoms with van der Waals surface area (Å²) in [6.07, 6.45) is 9.99. The molecule has 3 fully saturated rings. The molecule has 0 aromatic carbocycles. The van der Waals surface area contributed by atoms with Crippen LogP contribution in [0.5, 0.6) is 0 Å². The lowest BCUT2D eigenvalue weighted by atomic mass is 9.94. The zero-order valence-electron chi connectivity index (χ0n) is 15.8. The molecule has 0 radical (unpaired) electrons. The Morgan fingerprint density at radius 2 is 1.84 bits per heavy atom. The minimum Gasteiger partial charge on any atom is -0.356 e. The van der Waals surface area contributed by atoms with E-state index in [1.807, 2.05) is 4.90 Å². The van der Waals surface area contributed by atoms with E-state index in [1.54, 1.807) is 0 Å². The van der Waals surface area contributed by atoms with Gasteiger partial charge in [-0.25, -0.2) is 0 Å². The Bertz CT molecular complexity index is 454. The molecule has 25 heavy (non-hydrogen) atoms. The third-order valence-corrected chi connectivity index (χ3v) is 6.37. The lowest BCUT2D eigenvalue weighted by Gasteiger charge is -2.31. The Hall–Kier alpha value is -1.10. The maximum absolute atomic E-state index is 12.4. The molecule has 2 amide bonds. The average molecular weight is 350 g/mol. The summed E-state index contributed by atoms with van der Waals surface area (Å²) in [6.45, 7) is 7.17. The summed E-state index contributed by atoms with van der Waals surface area (Å²) < 4.78 is 0. The second kappa shape index (κ2) is 9.02. The third kappa shape index (κ3) is 5.19. The SMILES string of the molecule is CC1CCN(CCCNC(=O)[C@H]2CC(=O)N(C3CCCCC3)C2)CC1. The lowest BCUT2D eigenvalue weighted by Crippen LogP contribution is -2.40. The molecule has 3 aliphatic rings. The number of likely N-dealkylation sites (tertiary alicyclic amines) is 2. The van der Waals surface area contributed by atoms with Crippen LogP contribution in [0.4, 0.5) is 0 Å². The Balaban J connectivity index is 1.33. The van der Waals surface area contributed by atoms with Gasteiger partial charge >= 0.3 is 0 Å². The van der Waals surface area contributed by atoms with Crippen molar-refractivity contribution in [2.45, 2.75) is 70.8 Å². The number of nitrogens with zero attached hydrogens (tertiary/aromatic N) is 2. The standard InChI is InChI=1S/C20H35N3O2/c1-16-8-12-22(13-9-16)11-5-10-21-20(25)17-14-19(24)23(15-17)18-6-3-2-4-7-18/h16-18H,2-15H2,1H3,(H,21,25)/t17-/m0/s1. The zero-order valence-corrected chi connectivity index (χ0v) is 15.8. The number of rotatable bonds is 6. The quantitative estimate of drug-likeness (QED) is 0.749. The molecule has 0 unspecified atom stereocenters. The summed E-state index contributed by atoms with van der Waals surface area (Å²) in [5, 5.41) is 3.07. The molecule has 1 aliphatic carbocycles. The molecule has 0 bridgehead atoms. The van der Waals surface area contributed by atoms with E-state index in [1.165, 1.54) is 45.2 Å². The number of amides is 2. The van der Waals surface area contributed by atoms with E-state index in [9.17, 15) is 9.59 Å². The van der Waals surface area contributed by atoms with E-state index in [0.29, 0.717) is 19.0 Å². The Morgan fingerprint density at radius 1 is 1.12 bits per heavy atom. The Morgan fingerprint density at radius 3 is 2.56 bits per heavy atom. The highest BCUT2D eigenvalue weighted by molar-refractivity contribution is 5.89. The number of carbonyl (C=O) groups excluding carboxylic acids is 2. The summed E-state index contributed by atoms with van der Waals surface area (Å²) in [7, 11) is 0. The minimum atomic E-state index is -0.134. The second-order valence-corrected chi connectivity index (χ2v) is 8.41. The highest BCUT2D eigenvalue weighted by atomic mass is 16.2. The first-order valence-corrected chi connectivity index (χ1v) is 10.4. The van der Waals surface area contributed by atoms with Gasteiger partial charge in [-0.3, -0.25) is 9.59 Å². The van der Waals surface area contributed by atoms with Gasteiger partial charge in [-0.1, -0.05) is 26.2 Å². The van der Waals surface area contributed by atoms with Gasteiger partial charge < -0.3 is 15.1 Å². The molecule has 0 spiro atoms. The highest BCUT2D eigenvalue weighted by Gasteiger charge is 2.37. The number of nitrogens with one attached hydrogen (secondary N) is 1. The van der Waals surface area contributed by atoms with Crippen LogP contribution in [0.2, 0.25) is 0 Å². The fourth-order valence-electron chi connectivity index (χ4n) is 4.60. The van der Waals surface area contributed by atoms with E-state index in [4.69, 9.17) is 0 Å². The molecule has 2 saturated heterocycles. The molecule has 0 aromatic heterocycles. The molecular weight excluding hydrogens is 314 g/mol. The van der Waals surface area contributed by atoms with Crippen molar-refractivity contribution in [1.82, 2.24) is 15.1 Å². The molecule has 1 atom stereocenters. The molecular formula is C20H35N3O2. The van der Waals surface area contributed by atoms with Crippen LogP contribution in [-0.4, -0.2) is 60.4 Å². The maximum atomic E-state index is 12.4. The van der Waals surface area contributed by atoms with Gasteiger partial charge in [-0.05, 0) is 57.7 Å². The van der Waals surface area contributed by atoms with Crippen LogP contribution in [0.1, 0.15) is 64.7 Å². The first kappa shape index (κ1) is 18.7. The molecule has 1 saturated carbocycles. The summed E-state index contributed by atoms with van der Waals surface area (Å²) >= 11 is 0. The number of hydrogen-bond donors (Lipinski definition) is 1. The van der Waals surface area contributed by atoms with Crippen LogP contribution in [0.25, 0.3) is 0 Å². The van der Waals surface area contributed by atoms with Crippen molar-refractivity contribution < 1.29 is 9.59 Å². The van der Waals surface area contributed by atoms with Gasteiger partial charge in [0.15, 0.2) is 0 Å². The van der Waals surface area contributed by atoms with E-state index < -0.39 is 0 Å². The van der Waals surface area contributed by atoms with Crippen LogP contribution < -0.4 is 5.32 Å². The fourth-order valence-corrected chi connectivity index (χ4v) is 4.60. The molecule has 5 nitrogen and oxygen atoms in total. The summed E-state index contributed by atoms with van der Waals surface area (Å²) in [5.74, 6) is 1.00. The normalized spacial score (nSPS) is 27.0. The smallest absolute Gasteiger partial charge is 0.225 e. The van der Waals surface area contributed by atoms with E-state index in [2.05, 4.69) is 17.1 Å². The minimum absolute atomic E-state index is 0.0823. The van der Waals surface area contributed by atoms with Gasteiger partial charge in [0.05, 0.1) is 5.92 Å². The van der Waals surface area contributed by atoms with Crippen molar-refractivity contribution in [2.75, 3.05) is 32.7 Å². The second-order valence-electron chi connectivity index (χ2n) is 8.41. The Kier molecular flexibility index (Phi) is 6.74. The lowest BCUT2D eigenvalue weighted by molar-refractivity contribution is -0.130. The molecule has 142 valence electrons. The van der Waals surface area contributed by atoms with Gasteiger partial charge in [-0.15, -0.1) is 0 Å². The average Bonchev–Trinajstić information content (AvgIpc) is 3.03. The maximum Gasteiger partial charge on any atom is 0.225 e. The summed E-state index contributed by atoms with van der Waals surface area (Å²) in [6, 6.07) is 0.389. The van der Waals surface area contributed by atoms with Crippen molar-refractivity contribution in [2.24, 2.45) is 11.8 Å². The van der Waals surface area contributed by atoms with Gasteiger partial charge in [0.1, 0.15) is 0 Å². The molecule has 1 N–H and O–H groups in total. The predicted molar refractivity (Wildman–Crippen MR) is 99.2 cm³/mol. The molecule has 2 heterocycles. The predicted octanol–water partition coefficient (Wildman–Crippen LogP) is 2.41. The van der Waals surface area contributed by atoms with Crippen molar-refractivity contribution in [3.05, 3.63) is 0 Å². The van der Waals surface area contributed by atoms with Crippen LogP contribution >= 0.6 is 0 Å². The summed E-state index contributed by atoms with van der Waals surface area (Å²) in [4.78, 5) is 29.2. The molecule has 2 aliphatic heterocycles. The van der Waals surface area contributed by atoms with Gasteiger partial charge in [0.25, 0.3) is 0 Å². The van der Waals surface area contributed by atoms with Gasteiger partial charge in [-0.2, -0.15) is 0 Å². The van der Waals surface area contributed by atoms with E-state index >= 15 is 0 Å². The topological polar surface area (TPSA) is 52.7 Å². The highest BCUT2D eigenvalue weighted by Crippen LogP contribution is 2.28. The number of hydrogen-bond acceptors (Lipinski definition) is 3. The third-order valence-electron chi connectivity index (χ3n) is 6.37. The van der Waals surface area contributed by atoms with E-state index in [-0.39, 0.29) is 17.7 Å². The van der Waals surface area contributed by atoms with Crippen LogP contribution in [-0.2, 0) is 9.59 Å². The largest absolute Gasteiger partial charge is 0.356 e. The number of piperidine rings is 1. The number of carbonyl (C=O) groups is 2.